The summed E-state index contributed by atoms with van der Waals surface area (Å²) in [5, 5.41) is 0. The number of carbonyl (C=O) groups excluding carboxylic acids is 1. The highest BCUT2D eigenvalue weighted by Crippen LogP contribution is 2.16. The molecule has 1 saturated heterocycles. The Labute approximate surface area is 169 Å². The number of rotatable bonds is 6. The molecule has 1 amide bonds. The van der Waals surface area contributed by atoms with Crippen LogP contribution in [0.5, 0.6) is 0 Å². The van der Waals surface area contributed by atoms with Crippen molar-refractivity contribution in [3.8, 4) is 0 Å². The van der Waals surface area contributed by atoms with Crippen LogP contribution in [0.2, 0.25) is 0 Å². The van der Waals surface area contributed by atoms with E-state index in [-0.39, 0.29) is 6.09 Å². The first-order valence-electron chi connectivity index (χ1n) is 10.2. The second kappa shape index (κ2) is 10.3. The molecule has 1 aliphatic heterocycles. The number of amides is 1. The fourth-order valence-electron chi connectivity index (χ4n) is 3.07. The van der Waals surface area contributed by atoms with Gasteiger partial charge in [0.05, 0.1) is 6.54 Å². The van der Waals surface area contributed by atoms with Crippen molar-refractivity contribution in [1.82, 2.24) is 14.8 Å². The fourth-order valence-corrected chi connectivity index (χ4v) is 3.07. The van der Waals surface area contributed by atoms with Crippen LogP contribution in [-0.4, -0.2) is 58.6 Å². The first-order valence-corrected chi connectivity index (χ1v) is 10.2. The maximum absolute atomic E-state index is 12.6. The van der Waals surface area contributed by atoms with Crippen LogP contribution in [0.25, 0.3) is 0 Å². The van der Waals surface area contributed by atoms with Crippen LogP contribution >= 0.6 is 0 Å². The monoisotopic (exact) mass is 389 g/mol. The van der Waals surface area contributed by atoms with E-state index < -0.39 is 5.60 Å². The Bertz CT molecular complexity index is 634. The number of aromatic nitrogens is 1. The molecule has 0 aromatic carbocycles. The Morgan fingerprint density at radius 3 is 2.71 bits per heavy atom. The van der Waals surface area contributed by atoms with E-state index in [2.05, 4.69) is 21.8 Å². The number of nitrogens with two attached hydrogens (primary N) is 1. The van der Waals surface area contributed by atoms with Gasteiger partial charge in [0.25, 0.3) is 0 Å². The van der Waals surface area contributed by atoms with Gasteiger partial charge in [0.15, 0.2) is 5.96 Å². The van der Waals surface area contributed by atoms with Crippen molar-refractivity contribution in [1.29, 1.82) is 0 Å². The van der Waals surface area contributed by atoms with Crippen LogP contribution in [-0.2, 0) is 11.3 Å². The summed E-state index contributed by atoms with van der Waals surface area (Å²) in [6, 6.07) is 3.82. The molecule has 2 rings (SSSR count). The first kappa shape index (κ1) is 22.0. The summed E-state index contributed by atoms with van der Waals surface area (Å²) in [4.78, 5) is 25.1. The number of piperidine rings is 1. The summed E-state index contributed by atoms with van der Waals surface area (Å²) in [6.07, 6.45) is 6.22. The van der Waals surface area contributed by atoms with Crippen LogP contribution in [0, 0.1) is 5.92 Å². The molecule has 0 aliphatic carbocycles. The SMILES string of the molecule is CC1CCN(C(N)=NCCCN(Cc2cccnc2)C(=O)OC(C)(C)C)CC1. The van der Waals surface area contributed by atoms with Gasteiger partial charge in [0.1, 0.15) is 5.60 Å². The van der Waals surface area contributed by atoms with E-state index in [1.54, 1.807) is 17.3 Å². The van der Waals surface area contributed by atoms with Crippen molar-refractivity contribution in [3.63, 3.8) is 0 Å². The molecule has 0 unspecified atom stereocenters. The van der Waals surface area contributed by atoms with Gasteiger partial charge < -0.3 is 20.3 Å². The molecule has 156 valence electrons. The van der Waals surface area contributed by atoms with Gasteiger partial charge in [-0.15, -0.1) is 0 Å². The predicted molar refractivity (Wildman–Crippen MR) is 112 cm³/mol. The molecule has 1 aliphatic rings. The van der Waals surface area contributed by atoms with E-state index in [1.807, 2.05) is 32.9 Å². The molecule has 0 saturated carbocycles. The third-order valence-corrected chi connectivity index (χ3v) is 4.72. The second-order valence-electron chi connectivity index (χ2n) is 8.53. The van der Waals surface area contributed by atoms with E-state index in [1.165, 1.54) is 0 Å². The summed E-state index contributed by atoms with van der Waals surface area (Å²) in [5.74, 6) is 1.38. The molecule has 7 heteroatoms. The zero-order valence-electron chi connectivity index (χ0n) is 17.7. The summed E-state index contributed by atoms with van der Waals surface area (Å²) >= 11 is 0. The number of aliphatic imine (C=N–C) groups is 1. The highest BCUT2D eigenvalue weighted by Gasteiger charge is 2.22. The van der Waals surface area contributed by atoms with Gasteiger partial charge in [0, 0.05) is 38.6 Å². The van der Waals surface area contributed by atoms with Crippen LogP contribution in [0.4, 0.5) is 4.79 Å². The lowest BCUT2D eigenvalue weighted by molar-refractivity contribution is 0.0232. The Balaban J connectivity index is 1.88. The molecule has 0 spiro atoms. The summed E-state index contributed by atoms with van der Waals surface area (Å²) in [6.45, 7) is 11.4. The van der Waals surface area contributed by atoms with Crippen LogP contribution in [0.1, 0.15) is 52.5 Å². The lowest BCUT2D eigenvalue weighted by atomic mass is 10.00. The summed E-state index contributed by atoms with van der Waals surface area (Å²) in [7, 11) is 0. The molecule has 2 heterocycles. The largest absolute Gasteiger partial charge is 0.444 e. The van der Waals surface area contributed by atoms with Crippen molar-refractivity contribution in [2.24, 2.45) is 16.6 Å². The molecule has 7 nitrogen and oxygen atoms in total. The minimum atomic E-state index is -0.530. The average Bonchev–Trinajstić information content (AvgIpc) is 2.64. The molecule has 0 bridgehead atoms. The summed E-state index contributed by atoms with van der Waals surface area (Å²) in [5.41, 5.74) is 6.58. The Hall–Kier alpha value is -2.31. The fraction of sp³-hybridized carbons (Fsp3) is 0.667. The lowest BCUT2D eigenvalue weighted by Crippen LogP contribution is -2.42. The number of pyridine rings is 1. The first-order chi connectivity index (χ1) is 13.2. The number of carbonyl (C=O) groups is 1. The molecule has 28 heavy (non-hydrogen) atoms. The minimum absolute atomic E-state index is 0.321. The van der Waals surface area contributed by atoms with E-state index in [9.17, 15) is 4.79 Å². The third kappa shape index (κ3) is 7.74. The third-order valence-electron chi connectivity index (χ3n) is 4.72. The number of hydrogen-bond acceptors (Lipinski definition) is 4. The van der Waals surface area contributed by atoms with Gasteiger partial charge in [-0.25, -0.2) is 4.79 Å². The van der Waals surface area contributed by atoms with E-state index >= 15 is 0 Å². The number of likely N-dealkylation sites (tertiary alicyclic amines) is 1. The number of guanidine groups is 1. The highest BCUT2D eigenvalue weighted by molar-refractivity contribution is 5.78. The van der Waals surface area contributed by atoms with Crippen LogP contribution in [0.15, 0.2) is 29.5 Å². The van der Waals surface area contributed by atoms with Crippen molar-refractivity contribution in [2.75, 3.05) is 26.2 Å². The van der Waals surface area contributed by atoms with E-state index in [0.29, 0.717) is 25.6 Å². The normalized spacial score (nSPS) is 16.1. The van der Waals surface area contributed by atoms with Gasteiger partial charge in [0.2, 0.25) is 0 Å². The number of hydrogen-bond donors (Lipinski definition) is 1. The zero-order chi connectivity index (χ0) is 20.6. The minimum Gasteiger partial charge on any atom is -0.444 e. The Kier molecular flexibility index (Phi) is 8.08. The standard InChI is InChI=1S/C21H35N5O2/c1-17-8-13-25(14-9-17)19(22)24-11-6-12-26(20(27)28-21(2,3)4)16-18-7-5-10-23-15-18/h5,7,10,15,17H,6,8-9,11-14,16H2,1-4H3,(H2,22,24). The quantitative estimate of drug-likeness (QED) is 0.459. The van der Waals surface area contributed by atoms with E-state index in [0.717, 1.165) is 43.8 Å². The lowest BCUT2D eigenvalue weighted by Gasteiger charge is -2.31. The predicted octanol–water partition coefficient (Wildman–Crippen LogP) is 3.26. The number of nitrogens with zero attached hydrogens (tertiary/aromatic N) is 4. The molecule has 1 fully saturated rings. The van der Waals surface area contributed by atoms with Crippen molar-refractivity contribution >= 4 is 12.1 Å². The molecular formula is C21H35N5O2. The van der Waals surface area contributed by atoms with Crippen molar-refractivity contribution in [2.45, 2.75) is 59.1 Å². The van der Waals surface area contributed by atoms with Crippen molar-refractivity contribution in [3.05, 3.63) is 30.1 Å². The second-order valence-corrected chi connectivity index (χ2v) is 8.53. The zero-order valence-corrected chi connectivity index (χ0v) is 17.7. The van der Waals surface area contributed by atoms with Gasteiger partial charge >= 0.3 is 6.09 Å². The van der Waals surface area contributed by atoms with E-state index in [4.69, 9.17) is 10.5 Å². The molecule has 0 radical (unpaired) electrons. The average molecular weight is 390 g/mol. The maximum Gasteiger partial charge on any atom is 0.410 e. The molecule has 0 atom stereocenters. The Morgan fingerprint density at radius 1 is 1.39 bits per heavy atom. The Morgan fingerprint density at radius 2 is 2.11 bits per heavy atom. The van der Waals surface area contributed by atoms with Gasteiger partial charge in [-0.1, -0.05) is 13.0 Å². The molecule has 1 aromatic heterocycles. The maximum atomic E-state index is 12.6. The van der Waals surface area contributed by atoms with Crippen LogP contribution < -0.4 is 5.73 Å². The van der Waals surface area contributed by atoms with Gasteiger partial charge in [-0.2, -0.15) is 0 Å². The molecule has 2 N–H and O–H groups in total. The van der Waals surface area contributed by atoms with Crippen LogP contribution in [0.3, 0.4) is 0 Å². The molecule has 1 aromatic rings. The summed E-state index contributed by atoms with van der Waals surface area (Å²) < 4.78 is 5.55. The van der Waals surface area contributed by atoms with Gasteiger partial charge in [-0.05, 0) is 57.6 Å². The smallest absolute Gasteiger partial charge is 0.410 e. The molecular weight excluding hydrogens is 354 g/mol. The topological polar surface area (TPSA) is 84.0 Å². The highest BCUT2D eigenvalue weighted by atomic mass is 16.6. The van der Waals surface area contributed by atoms with Gasteiger partial charge in [-0.3, -0.25) is 9.98 Å². The van der Waals surface area contributed by atoms with Crippen molar-refractivity contribution < 1.29 is 9.53 Å². The number of ether oxygens (including phenoxy) is 1.